The van der Waals surface area contributed by atoms with Crippen LogP contribution < -0.4 is 16.4 Å². The number of hydrogen-bond donors (Lipinski definition) is 2. The molecule has 8 heteroatoms. The molecule has 0 saturated carbocycles. The molecular weight excluding hydrogens is 370 g/mol. The van der Waals surface area contributed by atoms with E-state index in [0.717, 1.165) is 10.2 Å². The van der Waals surface area contributed by atoms with Crippen LogP contribution in [0.1, 0.15) is 17.4 Å². The van der Waals surface area contributed by atoms with Crippen molar-refractivity contribution in [2.75, 3.05) is 0 Å². The lowest BCUT2D eigenvalue weighted by Gasteiger charge is -2.19. The fourth-order valence-corrected chi connectivity index (χ4v) is 3.31. The van der Waals surface area contributed by atoms with Crippen LogP contribution in [-0.4, -0.2) is 25.2 Å². The maximum atomic E-state index is 12.8. The molecule has 1 amide bonds. The standard InChI is InChI=1S/C21H19N5O3/c1-25-12-11-22-19(25)18(14-7-3-2-4-8-14)23-17(27)13-26-21(29)16-10-6-5-9-15(16)20(28)24-26/h2-12,18H,13H2,1H3,(H,23,27)(H,24,28)/t18-/m0/s1. The predicted molar refractivity (Wildman–Crippen MR) is 108 cm³/mol. The van der Waals surface area contributed by atoms with Crippen molar-refractivity contribution in [2.45, 2.75) is 12.6 Å². The second-order valence-electron chi connectivity index (χ2n) is 6.69. The van der Waals surface area contributed by atoms with Crippen LogP contribution in [0.2, 0.25) is 0 Å². The molecule has 4 rings (SSSR count). The summed E-state index contributed by atoms with van der Waals surface area (Å²) >= 11 is 0. The molecule has 2 aromatic carbocycles. The average Bonchev–Trinajstić information content (AvgIpc) is 3.16. The summed E-state index contributed by atoms with van der Waals surface area (Å²) in [6, 6.07) is 15.4. The van der Waals surface area contributed by atoms with Gasteiger partial charge in [0, 0.05) is 19.4 Å². The third-order valence-electron chi connectivity index (χ3n) is 4.74. The van der Waals surface area contributed by atoms with Gasteiger partial charge in [0.15, 0.2) is 0 Å². The molecule has 8 nitrogen and oxygen atoms in total. The molecule has 0 aliphatic heterocycles. The van der Waals surface area contributed by atoms with E-state index in [1.54, 1.807) is 36.7 Å². The second kappa shape index (κ2) is 7.59. The number of nitrogens with zero attached hydrogens (tertiary/aromatic N) is 3. The number of carbonyl (C=O) groups is 1. The Morgan fingerprint density at radius 2 is 1.76 bits per heavy atom. The molecule has 0 unspecified atom stereocenters. The van der Waals surface area contributed by atoms with Crippen LogP contribution >= 0.6 is 0 Å². The van der Waals surface area contributed by atoms with E-state index < -0.39 is 23.1 Å². The highest BCUT2D eigenvalue weighted by Crippen LogP contribution is 2.20. The van der Waals surface area contributed by atoms with Crippen LogP contribution in [0.25, 0.3) is 10.8 Å². The van der Waals surface area contributed by atoms with Crippen molar-refractivity contribution in [2.24, 2.45) is 7.05 Å². The normalized spacial score (nSPS) is 12.0. The van der Waals surface area contributed by atoms with E-state index in [2.05, 4.69) is 15.4 Å². The lowest BCUT2D eigenvalue weighted by atomic mass is 10.1. The Hall–Kier alpha value is -3.94. The van der Waals surface area contributed by atoms with Crippen LogP contribution in [0, 0.1) is 0 Å². The predicted octanol–water partition coefficient (Wildman–Crippen LogP) is 1.33. The van der Waals surface area contributed by atoms with Crippen molar-refractivity contribution in [1.29, 1.82) is 0 Å². The summed E-state index contributed by atoms with van der Waals surface area (Å²) in [4.78, 5) is 42.0. The molecule has 146 valence electrons. The Morgan fingerprint density at radius 1 is 1.07 bits per heavy atom. The van der Waals surface area contributed by atoms with Gasteiger partial charge in [-0.05, 0) is 17.7 Å². The molecule has 2 aromatic heterocycles. The topological polar surface area (TPSA) is 102 Å². The van der Waals surface area contributed by atoms with Gasteiger partial charge in [-0.25, -0.2) is 9.67 Å². The monoisotopic (exact) mass is 389 g/mol. The van der Waals surface area contributed by atoms with E-state index in [1.165, 1.54) is 0 Å². The van der Waals surface area contributed by atoms with Crippen molar-refractivity contribution < 1.29 is 4.79 Å². The van der Waals surface area contributed by atoms with Crippen LogP contribution in [-0.2, 0) is 18.4 Å². The van der Waals surface area contributed by atoms with Gasteiger partial charge in [0.2, 0.25) is 5.91 Å². The van der Waals surface area contributed by atoms with E-state index in [1.807, 2.05) is 41.9 Å². The largest absolute Gasteiger partial charge is 0.340 e. The molecule has 0 aliphatic carbocycles. The van der Waals surface area contributed by atoms with Crippen LogP contribution in [0.3, 0.4) is 0 Å². The zero-order chi connectivity index (χ0) is 20.4. The maximum absolute atomic E-state index is 12.8. The van der Waals surface area contributed by atoms with Gasteiger partial charge in [0.1, 0.15) is 18.4 Å². The number of rotatable bonds is 5. The summed E-state index contributed by atoms with van der Waals surface area (Å²) in [6.45, 7) is -0.313. The van der Waals surface area contributed by atoms with E-state index in [-0.39, 0.29) is 11.9 Å². The highest BCUT2D eigenvalue weighted by atomic mass is 16.2. The third-order valence-corrected chi connectivity index (χ3v) is 4.74. The minimum absolute atomic E-state index is 0.271. The molecule has 2 heterocycles. The Morgan fingerprint density at radius 3 is 2.45 bits per heavy atom. The first-order chi connectivity index (χ1) is 14.0. The Balaban J connectivity index is 1.65. The first-order valence-corrected chi connectivity index (χ1v) is 9.08. The number of aromatic amines is 1. The highest BCUT2D eigenvalue weighted by Gasteiger charge is 2.21. The quantitative estimate of drug-likeness (QED) is 0.538. The fourth-order valence-electron chi connectivity index (χ4n) is 3.31. The van der Waals surface area contributed by atoms with Crippen LogP contribution in [0.4, 0.5) is 0 Å². The summed E-state index contributed by atoms with van der Waals surface area (Å²) in [5, 5.41) is 5.96. The number of amides is 1. The van der Waals surface area contributed by atoms with E-state index in [4.69, 9.17) is 0 Å². The zero-order valence-corrected chi connectivity index (χ0v) is 15.7. The van der Waals surface area contributed by atoms with Crippen molar-refractivity contribution >= 4 is 16.7 Å². The number of fused-ring (bicyclic) bond motifs is 1. The average molecular weight is 389 g/mol. The van der Waals surface area contributed by atoms with Gasteiger partial charge in [-0.2, -0.15) is 0 Å². The van der Waals surface area contributed by atoms with Gasteiger partial charge in [-0.15, -0.1) is 0 Å². The number of benzene rings is 2. The van der Waals surface area contributed by atoms with E-state index in [9.17, 15) is 14.4 Å². The van der Waals surface area contributed by atoms with Gasteiger partial charge in [-0.3, -0.25) is 19.5 Å². The molecule has 0 spiro atoms. The maximum Gasteiger partial charge on any atom is 0.273 e. The van der Waals surface area contributed by atoms with E-state index >= 15 is 0 Å². The Kier molecular flexibility index (Phi) is 4.82. The molecule has 0 fully saturated rings. The molecule has 29 heavy (non-hydrogen) atoms. The highest BCUT2D eigenvalue weighted by molar-refractivity contribution is 5.81. The van der Waals surface area contributed by atoms with Crippen molar-refractivity contribution in [3.63, 3.8) is 0 Å². The van der Waals surface area contributed by atoms with Gasteiger partial charge < -0.3 is 9.88 Å². The lowest BCUT2D eigenvalue weighted by Crippen LogP contribution is -2.38. The number of nitrogens with one attached hydrogen (secondary N) is 2. The molecule has 0 saturated heterocycles. The third kappa shape index (κ3) is 3.60. The molecule has 4 aromatic rings. The van der Waals surface area contributed by atoms with E-state index in [0.29, 0.717) is 11.2 Å². The van der Waals surface area contributed by atoms with Gasteiger partial charge >= 0.3 is 0 Å². The minimum atomic E-state index is -0.494. The summed E-state index contributed by atoms with van der Waals surface area (Å²) < 4.78 is 2.85. The Labute approximate surface area is 165 Å². The molecular formula is C21H19N5O3. The summed E-state index contributed by atoms with van der Waals surface area (Å²) in [5.41, 5.74) is 0.00909. The van der Waals surface area contributed by atoms with Crippen molar-refractivity contribution in [3.05, 3.63) is 99.1 Å². The molecule has 0 bridgehead atoms. The molecule has 0 radical (unpaired) electrons. The first-order valence-electron chi connectivity index (χ1n) is 9.08. The number of H-pyrrole nitrogens is 1. The Bertz CT molecular complexity index is 1290. The number of aryl methyl sites for hydroxylation is 1. The molecule has 1 atom stereocenters. The number of carbonyl (C=O) groups excluding carboxylic acids is 1. The van der Waals surface area contributed by atoms with Crippen LogP contribution in [0.5, 0.6) is 0 Å². The van der Waals surface area contributed by atoms with Crippen molar-refractivity contribution in [3.8, 4) is 0 Å². The van der Waals surface area contributed by atoms with Crippen LogP contribution in [0.15, 0.2) is 76.6 Å². The summed E-state index contributed by atoms with van der Waals surface area (Å²) in [7, 11) is 1.84. The zero-order valence-electron chi connectivity index (χ0n) is 15.7. The van der Waals surface area contributed by atoms with Gasteiger partial charge in [-0.1, -0.05) is 42.5 Å². The smallest absolute Gasteiger partial charge is 0.273 e. The summed E-state index contributed by atoms with van der Waals surface area (Å²) in [6.07, 6.45) is 3.45. The minimum Gasteiger partial charge on any atom is -0.340 e. The fraction of sp³-hybridized carbons (Fsp3) is 0.143. The first kappa shape index (κ1) is 18.4. The number of imidazole rings is 1. The van der Waals surface area contributed by atoms with Crippen molar-refractivity contribution in [1.82, 2.24) is 24.6 Å². The SMILES string of the molecule is Cn1ccnc1[C@@H](NC(=O)Cn1[nH]c(=O)c2ccccc2c1=O)c1ccccc1. The lowest BCUT2D eigenvalue weighted by molar-refractivity contribution is -0.122. The molecule has 2 N–H and O–H groups in total. The number of aromatic nitrogens is 4. The number of hydrogen-bond acceptors (Lipinski definition) is 4. The second-order valence-corrected chi connectivity index (χ2v) is 6.69. The van der Waals surface area contributed by atoms with Gasteiger partial charge in [0.05, 0.1) is 10.8 Å². The summed E-state index contributed by atoms with van der Waals surface area (Å²) in [5.74, 6) is 0.235. The molecule has 0 aliphatic rings. The van der Waals surface area contributed by atoms with Gasteiger partial charge in [0.25, 0.3) is 11.1 Å².